The van der Waals surface area contributed by atoms with Gasteiger partial charge in [-0.05, 0) is 59.2 Å². The van der Waals surface area contributed by atoms with E-state index < -0.39 is 0 Å². The molecule has 0 atom stereocenters. The second-order valence-corrected chi connectivity index (χ2v) is 10.5. The Bertz CT molecular complexity index is 1160. The molecule has 0 aliphatic rings. The maximum atomic E-state index is 12.8. The molecule has 0 heterocycles. The van der Waals surface area contributed by atoms with Gasteiger partial charge in [-0.25, -0.2) is 0 Å². The highest BCUT2D eigenvalue weighted by molar-refractivity contribution is 6.36. The van der Waals surface area contributed by atoms with Crippen LogP contribution in [0.5, 0.6) is 5.75 Å². The molecule has 3 rings (SSSR count). The van der Waals surface area contributed by atoms with E-state index in [1.165, 1.54) is 5.56 Å². The summed E-state index contributed by atoms with van der Waals surface area (Å²) < 4.78 is 6.07. The molecule has 0 aliphatic heterocycles. The molecule has 0 spiro atoms. The Kier molecular flexibility index (Phi) is 7.43. The van der Waals surface area contributed by atoms with Crippen molar-refractivity contribution in [3.8, 4) is 5.75 Å². The van der Waals surface area contributed by atoms with Crippen LogP contribution in [0.15, 0.2) is 48.5 Å². The first-order valence-electron chi connectivity index (χ1n) is 11.8. The van der Waals surface area contributed by atoms with Gasteiger partial charge in [-0.2, -0.15) is 0 Å². The number of ether oxygens (including phenoxy) is 1. The Labute approximate surface area is 203 Å². The second-order valence-electron chi connectivity index (χ2n) is 10.1. The number of carbonyl (C=O) groups is 1. The number of halogens is 1. The lowest BCUT2D eigenvalue weighted by Gasteiger charge is -2.30. The van der Waals surface area contributed by atoms with E-state index >= 15 is 0 Å². The van der Waals surface area contributed by atoms with Gasteiger partial charge in [-0.15, -0.1) is 0 Å². The van der Waals surface area contributed by atoms with E-state index in [2.05, 4.69) is 59.0 Å². The molecular weight excluding hydrogens is 430 g/mol. The number of nitrogens with one attached hydrogen (secondary N) is 1. The fourth-order valence-corrected chi connectivity index (χ4v) is 4.21. The van der Waals surface area contributed by atoms with Crippen LogP contribution in [0.4, 0.5) is 5.69 Å². The van der Waals surface area contributed by atoms with Gasteiger partial charge >= 0.3 is 0 Å². The third-order valence-corrected chi connectivity index (χ3v) is 7.47. The van der Waals surface area contributed by atoms with Crippen molar-refractivity contribution in [3.05, 3.63) is 70.2 Å². The van der Waals surface area contributed by atoms with Gasteiger partial charge in [0.1, 0.15) is 5.75 Å². The fourth-order valence-electron chi connectivity index (χ4n) is 3.94. The lowest BCUT2D eigenvalue weighted by molar-refractivity contribution is -0.118. The van der Waals surface area contributed by atoms with Gasteiger partial charge in [-0.3, -0.25) is 4.79 Å². The van der Waals surface area contributed by atoms with E-state index in [1.807, 2.05) is 43.3 Å². The molecule has 0 radical (unpaired) electrons. The smallest absolute Gasteiger partial charge is 0.262 e. The summed E-state index contributed by atoms with van der Waals surface area (Å²) >= 11 is 6.46. The van der Waals surface area contributed by atoms with Crippen molar-refractivity contribution in [1.82, 2.24) is 0 Å². The van der Waals surface area contributed by atoms with E-state index in [0.717, 1.165) is 40.5 Å². The SMILES string of the molecule is CCC(C)(C)c1ccc(OCC(=O)Nc2cc(Cl)c3ccccc3c2C)c(C(C)(C)CC)c1. The molecule has 0 unspecified atom stereocenters. The van der Waals surface area contributed by atoms with Crippen LogP contribution < -0.4 is 10.1 Å². The van der Waals surface area contributed by atoms with E-state index in [9.17, 15) is 4.79 Å². The Morgan fingerprint density at radius 3 is 2.21 bits per heavy atom. The van der Waals surface area contributed by atoms with Crippen molar-refractivity contribution in [2.45, 2.75) is 72.1 Å². The van der Waals surface area contributed by atoms with E-state index in [0.29, 0.717) is 10.7 Å². The first-order valence-corrected chi connectivity index (χ1v) is 12.1. The van der Waals surface area contributed by atoms with E-state index in [1.54, 1.807) is 0 Å². The monoisotopic (exact) mass is 465 g/mol. The molecule has 4 heteroatoms. The van der Waals surface area contributed by atoms with Crippen LogP contribution in [-0.2, 0) is 15.6 Å². The summed E-state index contributed by atoms with van der Waals surface area (Å²) in [6.45, 7) is 15.3. The summed E-state index contributed by atoms with van der Waals surface area (Å²) in [6, 6.07) is 16.1. The number of benzene rings is 3. The van der Waals surface area contributed by atoms with Crippen LogP contribution in [0.3, 0.4) is 0 Å². The number of hydrogen-bond acceptors (Lipinski definition) is 2. The molecule has 3 nitrogen and oxygen atoms in total. The minimum atomic E-state index is -0.206. The van der Waals surface area contributed by atoms with Gasteiger partial charge in [-0.1, -0.05) is 89.5 Å². The highest BCUT2D eigenvalue weighted by Crippen LogP contribution is 2.38. The van der Waals surface area contributed by atoms with Gasteiger partial charge in [0.2, 0.25) is 0 Å². The maximum Gasteiger partial charge on any atom is 0.262 e. The van der Waals surface area contributed by atoms with Crippen molar-refractivity contribution >= 4 is 34.0 Å². The van der Waals surface area contributed by atoms with Crippen LogP contribution in [0.2, 0.25) is 5.02 Å². The number of carbonyl (C=O) groups excluding carboxylic acids is 1. The molecule has 0 aromatic heterocycles. The first-order chi connectivity index (χ1) is 15.5. The van der Waals surface area contributed by atoms with Gasteiger partial charge in [0, 0.05) is 16.6 Å². The van der Waals surface area contributed by atoms with Gasteiger partial charge in [0.25, 0.3) is 5.91 Å². The molecule has 0 saturated carbocycles. The highest BCUT2D eigenvalue weighted by atomic mass is 35.5. The summed E-state index contributed by atoms with van der Waals surface area (Å²) in [5, 5.41) is 5.61. The molecular formula is C29H36ClNO2. The van der Waals surface area contributed by atoms with Crippen LogP contribution >= 0.6 is 11.6 Å². The lowest BCUT2D eigenvalue weighted by atomic mass is 9.76. The highest BCUT2D eigenvalue weighted by Gasteiger charge is 2.27. The van der Waals surface area contributed by atoms with Crippen molar-refractivity contribution in [3.63, 3.8) is 0 Å². The molecule has 176 valence electrons. The zero-order valence-electron chi connectivity index (χ0n) is 20.9. The second kappa shape index (κ2) is 9.77. The quantitative estimate of drug-likeness (QED) is 0.364. The summed E-state index contributed by atoms with van der Waals surface area (Å²) in [5.74, 6) is 0.559. The molecule has 1 amide bonds. The molecule has 3 aromatic carbocycles. The summed E-state index contributed by atoms with van der Waals surface area (Å²) in [5.41, 5.74) is 4.15. The number of rotatable bonds is 8. The third kappa shape index (κ3) is 5.35. The maximum absolute atomic E-state index is 12.8. The Balaban J connectivity index is 1.83. The number of amides is 1. The fraction of sp³-hybridized carbons (Fsp3) is 0.414. The first kappa shape index (κ1) is 25.1. The summed E-state index contributed by atoms with van der Waals surface area (Å²) in [4.78, 5) is 12.8. The molecule has 0 fully saturated rings. The van der Waals surface area contributed by atoms with Crippen LogP contribution in [-0.4, -0.2) is 12.5 Å². The normalized spacial score (nSPS) is 12.1. The zero-order chi connectivity index (χ0) is 24.4. The molecule has 0 saturated heterocycles. The zero-order valence-corrected chi connectivity index (χ0v) is 21.7. The predicted octanol–water partition coefficient (Wildman–Crippen LogP) is 8.19. The molecule has 0 bridgehead atoms. The summed E-state index contributed by atoms with van der Waals surface area (Å²) in [7, 11) is 0. The van der Waals surface area contributed by atoms with Gasteiger partial charge < -0.3 is 10.1 Å². The van der Waals surface area contributed by atoms with Crippen molar-refractivity contribution in [2.75, 3.05) is 11.9 Å². The number of fused-ring (bicyclic) bond motifs is 1. The Morgan fingerprint density at radius 2 is 1.58 bits per heavy atom. The average Bonchev–Trinajstić information content (AvgIpc) is 2.80. The van der Waals surface area contributed by atoms with Crippen LogP contribution in [0.25, 0.3) is 10.8 Å². The van der Waals surface area contributed by atoms with Crippen molar-refractivity contribution < 1.29 is 9.53 Å². The number of anilines is 1. The minimum absolute atomic E-state index is 0.0614. The lowest BCUT2D eigenvalue weighted by Crippen LogP contribution is -2.24. The molecule has 0 aliphatic carbocycles. The molecule has 33 heavy (non-hydrogen) atoms. The van der Waals surface area contributed by atoms with E-state index in [4.69, 9.17) is 16.3 Å². The Morgan fingerprint density at radius 1 is 0.939 bits per heavy atom. The topological polar surface area (TPSA) is 38.3 Å². The average molecular weight is 466 g/mol. The summed E-state index contributed by atoms with van der Waals surface area (Å²) in [6.07, 6.45) is 2.02. The third-order valence-electron chi connectivity index (χ3n) is 7.15. The van der Waals surface area contributed by atoms with Gasteiger partial charge in [0.05, 0.1) is 5.02 Å². The number of hydrogen-bond donors (Lipinski definition) is 1. The van der Waals surface area contributed by atoms with Gasteiger partial charge in [0.15, 0.2) is 6.61 Å². The largest absolute Gasteiger partial charge is 0.483 e. The predicted molar refractivity (Wildman–Crippen MR) is 141 cm³/mol. The van der Waals surface area contributed by atoms with E-state index in [-0.39, 0.29) is 23.3 Å². The number of aryl methyl sites for hydroxylation is 1. The van der Waals surface area contributed by atoms with Crippen LogP contribution in [0, 0.1) is 6.92 Å². The minimum Gasteiger partial charge on any atom is -0.483 e. The molecule has 3 aromatic rings. The Hall–Kier alpha value is -2.52. The standard InChI is InChI=1S/C29H36ClNO2/c1-8-28(4,5)20-14-15-26(23(16-20)29(6,7)9-2)33-18-27(32)31-25-17-24(30)22-13-11-10-12-21(22)19(25)3/h10-17H,8-9,18H2,1-7H3,(H,31,32). The van der Waals surface area contributed by atoms with Crippen molar-refractivity contribution in [2.24, 2.45) is 0 Å². The van der Waals surface area contributed by atoms with Crippen molar-refractivity contribution in [1.29, 1.82) is 0 Å². The molecule has 1 N–H and O–H groups in total. The van der Waals surface area contributed by atoms with Crippen LogP contribution in [0.1, 0.15) is 71.1 Å².